The van der Waals surface area contributed by atoms with E-state index in [9.17, 15) is 9.59 Å². The monoisotopic (exact) mass is 410 g/mol. The molecule has 2 amide bonds. The third-order valence-corrected chi connectivity index (χ3v) is 5.13. The molecule has 0 aliphatic carbocycles. The summed E-state index contributed by atoms with van der Waals surface area (Å²) in [7, 11) is 0. The molecule has 0 bridgehead atoms. The Hall–Kier alpha value is -3.09. The summed E-state index contributed by atoms with van der Waals surface area (Å²) in [5.74, 6) is 0.617. The van der Waals surface area contributed by atoms with Crippen LogP contribution in [-0.2, 0) is 16.1 Å². The number of nitrogens with one attached hydrogen (secondary N) is 2. The van der Waals surface area contributed by atoms with E-state index in [1.54, 1.807) is 13.1 Å². The number of pyridine rings is 1. The number of esters is 1. The molecular formula is C23H30N4O3. The van der Waals surface area contributed by atoms with E-state index in [4.69, 9.17) is 4.74 Å². The van der Waals surface area contributed by atoms with Gasteiger partial charge in [-0.3, -0.25) is 4.79 Å². The summed E-state index contributed by atoms with van der Waals surface area (Å²) in [6.45, 7) is 4.51. The molecule has 160 valence electrons. The lowest BCUT2D eigenvalue weighted by Gasteiger charge is -2.28. The molecule has 0 spiro atoms. The van der Waals surface area contributed by atoms with Crippen molar-refractivity contribution < 1.29 is 14.3 Å². The summed E-state index contributed by atoms with van der Waals surface area (Å²) in [6.07, 6.45) is 5.51. The van der Waals surface area contributed by atoms with Crippen molar-refractivity contribution in [2.45, 2.75) is 45.2 Å². The lowest BCUT2D eigenvalue weighted by Crippen LogP contribution is -2.38. The highest BCUT2D eigenvalue weighted by Crippen LogP contribution is 2.19. The van der Waals surface area contributed by atoms with Gasteiger partial charge in [-0.15, -0.1) is 0 Å². The van der Waals surface area contributed by atoms with Gasteiger partial charge in [-0.05, 0) is 49.4 Å². The van der Waals surface area contributed by atoms with Crippen molar-refractivity contribution in [3.63, 3.8) is 0 Å². The standard InChI is InChI=1S/C23H30N4O3/c1-2-30-22(28)16-20(19-9-5-3-6-10-19)26-23(29)25-17-18-11-12-24-21(15-18)27-13-7-4-8-14-27/h3,5-6,9-12,15,20H,2,4,7-8,13-14,16-17H2,1H3,(H2,25,26,29)/t20-/m0/s1. The van der Waals surface area contributed by atoms with Crippen LogP contribution in [0.3, 0.4) is 0 Å². The van der Waals surface area contributed by atoms with Gasteiger partial charge < -0.3 is 20.3 Å². The highest BCUT2D eigenvalue weighted by Gasteiger charge is 2.19. The first-order valence-corrected chi connectivity index (χ1v) is 10.6. The maximum Gasteiger partial charge on any atom is 0.315 e. The number of carbonyl (C=O) groups is 2. The van der Waals surface area contributed by atoms with E-state index in [2.05, 4.69) is 20.5 Å². The first-order chi connectivity index (χ1) is 14.7. The van der Waals surface area contributed by atoms with E-state index in [0.717, 1.165) is 30.0 Å². The molecule has 2 aromatic rings. The number of carbonyl (C=O) groups excluding carboxylic acids is 2. The minimum atomic E-state index is -0.452. The van der Waals surface area contributed by atoms with Crippen LogP contribution < -0.4 is 15.5 Å². The number of piperidine rings is 1. The first-order valence-electron chi connectivity index (χ1n) is 10.6. The van der Waals surface area contributed by atoms with Crippen LogP contribution in [0.2, 0.25) is 0 Å². The van der Waals surface area contributed by atoms with Crippen molar-refractivity contribution >= 4 is 17.8 Å². The van der Waals surface area contributed by atoms with Crippen molar-refractivity contribution in [3.8, 4) is 0 Å². The summed E-state index contributed by atoms with van der Waals surface area (Å²) in [5, 5.41) is 5.78. The van der Waals surface area contributed by atoms with E-state index >= 15 is 0 Å². The zero-order valence-corrected chi connectivity index (χ0v) is 17.5. The second-order valence-corrected chi connectivity index (χ2v) is 7.37. The summed E-state index contributed by atoms with van der Waals surface area (Å²) in [6, 6.07) is 12.6. The van der Waals surface area contributed by atoms with Gasteiger partial charge in [0.2, 0.25) is 0 Å². The van der Waals surface area contributed by atoms with Crippen LogP contribution in [0.25, 0.3) is 0 Å². The normalized spacial score (nSPS) is 14.6. The van der Waals surface area contributed by atoms with Crippen LogP contribution in [0.1, 0.15) is 49.8 Å². The molecule has 1 atom stereocenters. The second-order valence-electron chi connectivity index (χ2n) is 7.37. The van der Waals surface area contributed by atoms with Crippen LogP contribution in [-0.4, -0.2) is 36.7 Å². The van der Waals surface area contributed by atoms with Gasteiger partial charge in [0, 0.05) is 25.8 Å². The van der Waals surface area contributed by atoms with Crippen LogP contribution >= 0.6 is 0 Å². The molecule has 0 radical (unpaired) electrons. The second kappa shape index (κ2) is 11.2. The van der Waals surface area contributed by atoms with Gasteiger partial charge in [-0.2, -0.15) is 0 Å². The van der Waals surface area contributed by atoms with Crippen LogP contribution in [0.5, 0.6) is 0 Å². The third-order valence-electron chi connectivity index (χ3n) is 5.13. The fourth-order valence-electron chi connectivity index (χ4n) is 3.58. The maximum absolute atomic E-state index is 12.5. The summed E-state index contributed by atoms with van der Waals surface area (Å²) in [5.41, 5.74) is 1.85. The van der Waals surface area contributed by atoms with Gasteiger partial charge in [-0.25, -0.2) is 9.78 Å². The number of rotatable bonds is 8. The van der Waals surface area contributed by atoms with Gasteiger partial charge in [0.15, 0.2) is 0 Å². The predicted octanol–water partition coefficient (Wildman–Crippen LogP) is 3.57. The Kier molecular flexibility index (Phi) is 8.06. The largest absolute Gasteiger partial charge is 0.466 e. The average molecular weight is 411 g/mol. The van der Waals surface area contributed by atoms with Crippen LogP contribution in [0.4, 0.5) is 10.6 Å². The number of anilines is 1. The van der Waals surface area contributed by atoms with E-state index in [0.29, 0.717) is 13.2 Å². The molecule has 7 heteroatoms. The minimum absolute atomic E-state index is 0.0830. The van der Waals surface area contributed by atoms with E-state index in [1.807, 2.05) is 42.5 Å². The van der Waals surface area contributed by atoms with Crippen LogP contribution in [0, 0.1) is 0 Å². The molecule has 1 saturated heterocycles. The van der Waals surface area contributed by atoms with Crippen molar-refractivity contribution in [3.05, 3.63) is 59.8 Å². The highest BCUT2D eigenvalue weighted by molar-refractivity contribution is 5.76. The number of nitrogens with zero attached hydrogens (tertiary/aromatic N) is 2. The topological polar surface area (TPSA) is 83.6 Å². The van der Waals surface area contributed by atoms with Crippen molar-refractivity contribution in [1.29, 1.82) is 0 Å². The molecule has 0 saturated carbocycles. The quantitative estimate of drug-likeness (QED) is 0.650. The zero-order valence-electron chi connectivity index (χ0n) is 17.5. The fraction of sp³-hybridized carbons (Fsp3) is 0.435. The number of benzene rings is 1. The highest BCUT2D eigenvalue weighted by atomic mass is 16.5. The summed E-state index contributed by atoms with van der Waals surface area (Å²) in [4.78, 5) is 31.3. The molecule has 0 unspecified atom stereocenters. The first kappa shape index (κ1) is 21.6. The Labute approximate surface area is 177 Å². The third kappa shape index (κ3) is 6.47. The van der Waals surface area contributed by atoms with Crippen molar-refractivity contribution in [2.75, 3.05) is 24.6 Å². The van der Waals surface area contributed by atoms with E-state index in [1.165, 1.54) is 19.3 Å². The van der Waals surface area contributed by atoms with Crippen LogP contribution in [0.15, 0.2) is 48.7 Å². The number of amides is 2. The van der Waals surface area contributed by atoms with Gasteiger partial charge >= 0.3 is 12.0 Å². The van der Waals surface area contributed by atoms with Gasteiger partial charge in [-0.1, -0.05) is 30.3 Å². The minimum Gasteiger partial charge on any atom is -0.466 e. The fourth-order valence-corrected chi connectivity index (χ4v) is 3.58. The molecule has 2 heterocycles. The molecule has 1 aliphatic heterocycles. The zero-order chi connectivity index (χ0) is 21.2. The van der Waals surface area contributed by atoms with Crippen molar-refractivity contribution in [1.82, 2.24) is 15.6 Å². The lowest BCUT2D eigenvalue weighted by atomic mass is 10.0. The molecule has 1 aliphatic rings. The summed E-state index contributed by atoms with van der Waals surface area (Å²) >= 11 is 0. The van der Waals surface area contributed by atoms with Gasteiger partial charge in [0.1, 0.15) is 5.82 Å². The molecule has 1 fully saturated rings. The molecule has 30 heavy (non-hydrogen) atoms. The average Bonchev–Trinajstić information content (AvgIpc) is 2.79. The SMILES string of the molecule is CCOC(=O)C[C@H](NC(=O)NCc1ccnc(N2CCCCC2)c1)c1ccccc1. The molecule has 7 nitrogen and oxygen atoms in total. The molecule has 2 N–H and O–H groups in total. The number of urea groups is 1. The number of aromatic nitrogens is 1. The molecular weight excluding hydrogens is 380 g/mol. The Bertz CT molecular complexity index is 822. The van der Waals surface area contributed by atoms with E-state index < -0.39 is 6.04 Å². The Balaban J connectivity index is 1.58. The Morgan fingerprint density at radius 2 is 1.90 bits per heavy atom. The molecule has 1 aromatic carbocycles. The van der Waals surface area contributed by atoms with Crippen molar-refractivity contribution in [2.24, 2.45) is 0 Å². The number of hydrogen-bond acceptors (Lipinski definition) is 5. The van der Waals surface area contributed by atoms with E-state index in [-0.39, 0.29) is 18.4 Å². The Morgan fingerprint density at radius 1 is 1.13 bits per heavy atom. The maximum atomic E-state index is 12.5. The summed E-state index contributed by atoms with van der Waals surface area (Å²) < 4.78 is 5.05. The predicted molar refractivity (Wildman–Crippen MR) is 116 cm³/mol. The molecule has 3 rings (SSSR count). The smallest absolute Gasteiger partial charge is 0.315 e. The van der Waals surface area contributed by atoms with Gasteiger partial charge in [0.25, 0.3) is 0 Å². The number of ether oxygens (including phenoxy) is 1. The molecule has 1 aromatic heterocycles. The Morgan fingerprint density at radius 3 is 2.63 bits per heavy atom. The van der Waals surface area contributed by atoms with Gasteiger partial charge in [0.05, 0.1) is 19.1 Å². The number of hydrogen-bond donors (Lipinski definition) is 2. The lowest BCUT2D eigenvalue weighted by molar-refractivity contribution is -0.143.